The number of anilines is 2. The van der Waals surface area contributed by atoms with Gasteiger partial charge in [-0.05, 0) is 44.4 Å². The molecule has 6 heteroatoms. The number of fused-ring (bicyclic) bond motifs is 1. The SMILES string of the molecule is Cc1nn(C)c2sc(C(=O)Nc3ccccc3N3CCCCC3)cc12. The van der Waals surface area contributed by atoms with Gasteiger partial charge in [0.05, 0.1) is 21.9 Å². The minimum Gasteiger partial charge on any atom is -0.370 e. The van der Waals surface area contributed by atoms with Crippen LogP contribution in [0.5, 0.6) is 0 Å². The Morgan fingerprint density at radius 1 is 1.20 bits per heavy atom. The quantitative estimate of drug-likeness (QED) is 0.767. The number of thiophene rings is 1. The minimum atomic E-state index is -0.0509. The van der Waals surface area contributed by atoms with Crippen molar-refractivity contribution in [3.05, 3.63) is 40.9 Å². The summed E-state index contributed by atoms with van der Waals surface area (Å²) in [4.78, 5) is 16.9. The zero-order chi connectivity index (χ0) is 17.4. The molecule has 130 valence electrons. The van der Waals surface area contributed by atoms with Crippen molar-refractivity contribution in [3.8, 4) is 0 Å². The smallest absolute Gasteiger partial charge is 0.265 e. The van der Waals surface area contributed by atoms with Gasteiger partial charge in [-0.3, -0.25) is 9.48 Å². The van der Waals surface area contributed by atoms with E-state index in [4.69, 9.17) is 0 Å². The maximum atomic E-state index is 12.8. The number of benzene rings is 1. The Kier molecular flexibility index (Phi) is 4.21. The highest BCUT2D eigenvalue weighted by molar-refractivity contribution is 7.20. The molecule has 0 aliphatic carbocycles. The first-order chi connectivity index (χ1) is 12.1. The molecule has 0 spiro atoms. The van der Waals surface area contributed by atoms with E-state index in [0.29, 0.717) is 0 Å². The van der Waals surface area contributed by atoms with Crippen LogP contribution in [0.15, 0.2) is 30.3 Å². The van der Waals surface area contributed by atoms with Crippen LogP contribution < -0.4 is 10.2 Å². The van der Waals surface area contributed by atoms with Gasteiger partial charge in [-0.25, -0.2) is 0 Å². The van der Waals surface area contributed by atoms with Crippen LogP contribution in [0.4, 0.5) is 11.4 Å². The van der Waals surface area contributed by atoms with Crippen molar-refractivity contribution in [2.75, 3.05) is 23.3 Å². The topological polar surface area (TPSA) is 50.2 Å². The van der Waals surface area contributed by atoms with Crippen LogP contribution in [0.25, 0.3) is 10.2 Å². The lowest BCUT2D eigenvalue weighted by molar-refractivity contribution is 0.103. The summed E-state index contributed by atoms with van der Waals surface area (Å²) < 4.78 is 1.84. The van der Waals surface area contributed by atoms with Gasteiger partial charge in [-0.15, -0.1) is 11.3 Å². The van der Waals surface area contributed by atoms with Crippen molar-refractivity contribution in [1.29, 1.82) is 0 Å². The Hall–Kier alpha value is -2.34. The average Bonchev–Trinajstić information content (AvgIpc) is 3.18. The van der Waals surface area contributed by atoms with E-state index in [1.54, 1.807) is 0 Å². The largest absolute Gasteiger partial charge is 0.370 e. The number of para-hydroxylation sites is 2. The van der Waals surface area contributed by atoms with Crippen molar-refractivity contribution in [2.24, 2.45) is 7.05 Å². The van der Waals surface area contributed by atoms with Crippen LogP contribution >= 0.6 is 11.3 Å². The second kappa shape index (κ2) is 6.52. The van der Waals surface area contributed by atoms with Crippen molar-refractivity contribution < 1.29 is 4.79 Å². The number of aryl methyl sites for hydroxylation is 2. The highest BCUT2D eigenvalue weighted by atomic mass is 32.1. The van der Waals surface area contributed by atoms with E-state index < -0.39 is 0 Å². The molecule has 0 unspecified atom stereocenters. The van der Waals surface area contributed by atoms with Crippen molar-refractivity contribution in [2.45, 2.75) is 26.2 Å². The highest BCUT2D eigenvalue weighted by Gasteiger charge is 2.18. The van der Waals surface area contributed by atoms with E-state index in [1.807, 2.05) is 42.9 Å². The van der Waals surface area contributed by atoms with Gasteiger partial charge in [0, 0.05) is 25.5 Å². The van der Waals surface area contributed by atoms with Gasteiger partial charge in [0.1, 0.15) is 4.83 Å². The molecular formula is C19H22N4OS. The molecule has 25 heavy (non-hydrogen) atoms. The van der Waals surface area contributed by atoms with E-state index >= 15 is 0 Å². The summed E-state index contributed by atoms with van der Waals surface area (Å²) in [7, 11) is 1.92. The number of rotatable bonds is 3. The van der Waals surface area contributed by atoms with Gasteiger partial charge >= 0.3 is 0 Å². The lowest BCUT2D eigenvalue weighted by atomic mass is 10.1. The molecule has 1 saturated heterocycles. The molecule has 0 saturated carbocycles. The summed E-state index contributed by atoms with van der Waals surface area (Å²) in [6.07, 6.45) is 3.72. The fourth-order valence-corrected chi connectivity index (χ4v) is 4.51. The fraction of sp³-hybridized carbons (Fsp3) is 0.368. The summed E-state index contributed by atoms with van der Waals surface area (Å²) in [5, 5.41) is 8.57. The second-order valence-electron chi connectivity index (χ2n) is 6.56. The number of carbonyl (C=O) groups is 1. The molecule has 1 N–H and O–H groups in total. The number of nitrogens with one attached hydrogen (secondary N) is 1. The van der Waals surface area contributed by atoms with E-state index in [-0.39, 0.29) is 5.91 Å². The maximum Gasteiger partial charge on any atom is 0.265 e. The van der Waals surface area contributed by atoms with Gasteiger partial charge < -0.3 is 10.2 Å². The summed E-state index contributed by atoms with van der Waals surface area (Å²) in [6.45, 7) is 4.09. The normalized spacial score (nSPS) is 14.9. The van der Waals surface area contributed by atoms with Crippen LogP contribution in [-0.4, -0.2) is 28.8 Å². The predicted octanol–water partition coefficient (Wildman–Crippen LogP) is 4.19. The third kappa shape index (κ3) is 3.02. The summed E-state index contributed by atoms with van der Waals surface area (Å²) in [5.41, 5.74) is 2.97. The minimum absolute atomic E-state index is 0.0509. The van der Waals surface area contributed by atoms with Crippen LogP contribution in [0.3, 0.4) is 0 Å². The van der Waals surface area contributed by atoms with Crippen LogP contribution in [0.1, 0.15) is 34.6 Å². The Balaban J connectivity index is 1.60. The molecule has 1 fully saturated rings. The Labute approximate surface area is 151 Å². The Bertz CT molecular complexity index is 886. The Morgan fingerprint density at radius 2 is 1.96 bits per heavy atom. The molecular weight excluding hydrogens is 332 g/mol. The van der Waals surface area contributed by atoms with Gasteiger partial charge in [-0.1, -0.05) is 12.1 Å². The van der Waals surface area contributed by atoms with Crippen molar-refractivity contribution >= 4 is 38.8 Å². The number of piperidine rings is 1. The number of aromatic nitrogens is 2. The molecule has 2 aromatic heterocycles. The molecule has 1 aliphatic rings. The lowest BCUT2D eigenvalue weighted by Crippen LogP contribution is -2.30. The third-order valence-electron chi connectivity index (χ3n) is 4.77. The summed E-state index contributed by atoms with van der Waals surface area (Å²) >= 11 is 1.49. The van der Waals surface area contributed by atoms with Gasteiger partial charge in [0.15, 0.2) is 0 Å². The highest BCUT2D eigenvalue weighted by Crippen LogP contribution is 2.31. The van der Waals surface area contributed by atoms with Crippen LogP contribution in [0.2, 0.25) is 0 Å². The molecule has 1 amide bonds. The van der Waals surface area contributed by atoms with E-state index in [1.165, 1.54) is 30.6 Å². The second-order valence-corrected chi connectivity index (χ2v) is 7.59. The number of nitrogens with zero attached hydrogens (tertiary/aromatic N) is 3. The van der Waals surface area contributed by atoms with Crippen molar-refractivity contribution in [1.82, 2.24) is 9.78 Å². The molecule has 1 aliphatic heterocycles. The lowest BCUT2D eigenvalue weighted by Gasteiger charge is -2.30. The molecule has 0 atom stereocenters. The molecule has 0 bridgehead atoms. The van der Waals surface area contributed by atoms with E-state index in [9.17, 15) is 4.79 Å². The summed E-state index contributed by atoms with van der Waals surface area (Å²) in [5.74, 6) is -0.0509. The Morgan fingerprint density at radius 3 is 2.72 bits per heavy atom. The van der Waals surface area contributed by atoms with Gasteiger partial charge in [-0.2, -0.15) is 5.10 Å². The number of carbonyl (C=O) groups excluding carboxylic acids is 1. The van der Waals surface area contributed by atoms with Crippen LogP contribution in [0, 0.1) is 6.92 Å². The monoisotopic (exact) mass is 354 g/mol. The first kappa shape index (κ1) is 16.1. The molecule has 3 aromatic rings. The predicted molar refractivity (Wildman–Crippen MR) is 104 cm³/mol. The molecule has 5 nitrogen and oxygen atoms in total. The average molecular weight is 354 g/mol. The third-order valence-corrected chi connectivity index (χ3v) is 5.97. The zero-order valence-electron chi connectivity index (χ0n) is 14.6. The molecule has 3 heterocycles. The molecule has 4 rings (SSSR count). The van der Waals surface area contributed by atoms with Gasteiger partial charge in [0.25, 0.3) is 5.91 Å². The van der Waals surface area contributed by atoms with E-state index in [2.05, 4.69) is 21.4 Å². The first-order valence-corrected chi connectivity index (χ1v) is 9.53. The molecule has 0 radical (unpaired) electrons. The fourth-order valence-electron chi connectivity index (χ4n) is 3.49. The van der Waals surface area contributed by atoms with Gasteiger partial charge in [0.2, 0.25) is 0 Å². The van der Waals surface area contributed by atoms with Crippen LogP contribution in [-0.2, 0) is 7.05 Å². The zero-order valence-corrected chi connectivity index (χ0v) is 15.4. The number of hydrogen-bond donors (Lipinski definition) is 1. The maximum absolute atomic E-state index is 12.8. The van der Waals surface area contributed by atoms with E-state index in [0.717, 1.165) is 45.3 Å². The summed E-state index contributed by atoms with van der Waals surface area (Å²) in [6, 6.07) is 10.0. The molecule has 1 aromatic carbocycles. The number of amides is 1. The standard InChI is InChI=1S/C19H22N4OS/c1-13-14-12-17(25-19(14)22(2)21-13)18(24)20-15-8-4-5-9-16(15)23-10-6-3-7-11-23/h4-5,8-9,12H,3,6-7,10-11H2,1-2H3,(H,20,24). The van der Waals surface area contributed by atoms with Crippen molar-refractivity contribution in [3.63, 3.8) is 0 Å². The first-order valence-electron chi connectivity index (χ1n) is 8.72. The number of hydrogen-bond acceptors (Lipinski definition) is 4.